The molecule has 1 aliphatic heterocycles. The van der Waals surface area contributed by atoms with Gasteiger partial charge in [-0.1, -0.05) is 0 Å². The number of rotatable bonds is 9. The van der Waals surface area contributed by atoms with Crippen LogP contribution in [0.15, 0.2) is 29.2 Å². The first-order valence-electron chi connectivity index (χ1n) is 9.06. The number of carbonyl (C=O) groups is 2. The Morgan fingerprint density at radius 2 is 1.79 bits per heavy atom. The number of carbonyl (C=O) groups excluding carboxylic acids is 2. The summed E-state index contributed by atoms with van der Waals surface area (Å²) in [5, 5.41) is 2.59. The second kappa shape index (κ2) is 10.5. The van der Waals surface area contributed by atoms with Crippen LogP contribution in [-0.2, 0) is 29.1 Å². The molecule has 28 heavy (non-hydrogen) atoms. The van der Waals surface area contributed by atoms with Crippen molar-refractivity contribution in [1.29, 1.82) is 0 Å². The van der Waals surface area contributed by atoms with Crippen LogP contribution >= 0.6 is 0 Å². The molecule has 156 valence electrons. The molecular formula is C18H27N3O6S. The Morgan fingerprint density at radius 3 is 2.36 bits per heavy atom. The molecule has 0 atom stereocenters. The van der Waals surface area contributed by atoms with E-state index in [-0.39, 0.29) is 29.4 Å². The molecule has 0 aromatic heterocycles. The molecule has 0 radical (unpaired) electrons. The molecule has 0 aliphatic carbocycles. The summed E-state index contributed by atoms with van der Waals surface area (Å²) in [6, 6.07) is 5.74. The van der Waals surface area contributed by atoms with Crippen LogP contribution < -0.4 is 10.0 Å². The van der Waals surface area contributed by atoms with E-state index < -0.39 is 10.0 Å². The Balaban J connectivity index is 1.82. The quantitative estimate of drug-likeness (QED) is 0.573. The largest absolute Gasteiger partial charge is 0.382 e. The predicted octanol–water partition coefficient (Wildman–Crippen LogP) is 0.577. The number of benzene rings is 1. The molecule has 1 aromatic carbocycles. The summed E-state index contributed by atoms with van der Waals surface area (Å²) < 4.78 is 37.9. The highest BCUT2D eigenvalue weighted by Crippen LogP contribution is 2.17. The standard InChI is InChI=1S/C18H27N3O6S/c1-14(22)19-15-3-5-17(6-4-15)28(24,25)20-16-7-9-21(10-8-16)18(23)13-27-12-11-26-2/h3-6,16,20H,7-13H2,1-2H3,(H,19,22). The molecule has 1 saturated heterocycles. The van der Waals surface area contributed by atoms with Crippen LogP contribution in [0.1, 0.15) is 19.8 Å². The van der Waals surface area contributed by atoms with Gasteiger partial charge in [0, 0.05) is 38.9 Å². The number of methoxy groups -OCH3 is 1. The zero-order valence-electron chi connectivity index (χ0n) is 16.1. The lowest BCUT2D eigenvalue weighted by atomic mass is 10.1. The lowest BCUT2D eigenvalue weighted by Crippen LogP contribution is -2.47. The number of anilines is 1. The van der Waals surface area contributed by atoms with Gasteiger partial charge in [0.05, 0.1) is 18.1 Å². The Labute approximate surface area is 165 Å². The van der Waals surface area contributed by atoms with Crippen molar-refractivity contribution < 1.29 is 27.5 Å². The van der Waals surface area contributed by atoms with Crippen molar-refractivity contribution in [2.24, 2.45) is 0 Å². The molecule has 9 nitrogen and oxygen atoms in total. The van der Waals surface area contributed by atoms with Gasteiger partial charge in [0.2, 0.25) is 21.8 Å². The molecule has 0 spiro atoms. The maximum Gasteiger partial charge on any atom is 0.248 e. The first-order valence-corrected chi connectivity index (χ1v) is 10.5. The monoisotopic (exact) mass is 413 g/mol. The van der Waals surface area contributed by atoms with E-state index in [0.29, 0.717) is 44.8 Å². The summed E-state index contributed by atoms with van der Waals surface area (Å²) in [6.07, 6.45) is 1.07. The van der Waals surface area contributed by atoms with Gasteiger partial charge < -0.3 is 19.7 Å². The second-order valence-corrected chi connectivity index (χ2v) is 8.24. The number of ether oxygens (including phenoxy) is 2. The van der Waals surface area contributed by atoms with Crippen molar-refractivity contribution in [3.05, 3.63) is 24.3 Å². The third-order valence-electron chi connectivity index (χ3n) is 4.31. The number of amides is 2. The molecule has 2 rings (SSSR count). The van der Waals surface area contributed by atoms with Gasteiger partial charge in [-0.25, -0.2) is 13.1 Å². The van der Waals surface area contributed by atoms with Crippen molar-refractivity contribution in [2.45, 2.75) is 30.7 Å². The lowest BCUT2D eigenvalue weighted by molar-refractivity contribution is -0.137. The highest BCUT2D eigenvalue weighted by molar-refractivity contribution is 7.89. The SMILES string of the molecule is COCCOCC(=O)N1CCC(NS(=O)(=O)c2ccc(NC(C)=O)cc2)CC1. The van der Waals surface area contributed by atoms with Gasteiger partial charge in [-0.3, -0.25) is 9.59 Å². The topological polar surface area (TPSA) is 114 Å². The van der Waals surface area contributed by atoms with Gasteiger partial charge in [0.1, 0.15) is 6.61 Å². The van der Waals surface area contributed by atoms with Crippen LogP contribution in [0.5, 0.6) is 0 Å². The van der Waals surface area contributed by atoms with E-state index in [0.717, 1.165) is 0 Å². The molecule has 2 N–H and O–H groups in total. The summed E-state index contributed by atoms with van der Waals surface area (Å²) in [7, 11) is -2.10. The normalized spacial score (nSPS) is 15.4. The average Bonchev–Trinajstić information content (AvgIpc) is 2.65. The number of nitrogens with zero attached hydrogens (tertiary/aromatic N) is 1. The van der Waals surface area contributed by atoms with E-state index in [2.05, 4.69) is 10.0 Å². The minimum atomic E-state index is -3.67. The van der Waals surface area contributed by atoms with E-state index >= 15 is 0 Å². The Kier molecular flexibility index (Phi) is 8.36. The van der Waals surface area contributed by atoms with Crippen LogP contribution in [0.25, 0.3) is 0 Å². The highest BCUT2D eigenvalue weighted by atomic mass is 32.2. The van der Waals surface area contributed by atoms with E-state index in [1.165, 1.54) is 19.1 Å². The Morgan fingerprint density at radius 1 is 1.14 bits per heavy atom. The summed E-state index contributed by atoms with van der Waals surface area (Å²) in [5.74, 6) is -0.329. The molecule has 1 aromatic rings. The summed E-state index contributed by atoms with van der Waals surface area (Å²) in [6.45, 7) is 3.12. The second-order valence-electron chi connectivity index (χ2n) is 6.53. The summed E-state index contributed by atoms with van der Waals surface area (Å²) in [5.41, 5.74) is 0.533. The molecule has 10 heteroatoms. The highest BCUT2D eigenvalue weighted by Gasteiger charge is 2.26. The average molecular weight is 413 g/mol. The zero-order valence-corrected chi connectivity index (χ0v) is 17.0. The Hall–Kier alpha value is -2.01. The Bertz CT molecular complexity index is 758. The third-order valence-corrected chi connectivity index (χ3v) is 5.85. The van der Waals surface area contributed by atoms with Crippen LogP contribution in [-0.4, -0.2) is 71.2 Å². The summed E-state index contributed by atoms with van der Waals surface area (Å²) >= 11 is 0. The minimum absolute atomic E-state index is 0.000398. The fraction of sp³-hybridized carbons (Fsp3) is 0.556. The van der Waals surface area contributed by atoms with Crippen LogP contribution in [0.4, 0.5) is 5.69 Å². The van der Waals surface area contributed by atoms with E-state index in [9.17, 15) is 18.0 Å². The zero-order chi connectivity index (χ0) is 20.6. The van der Waals surface area contributed by atoms with Crippen molar-refractivity contribution >= 4 is 27.5 Å². The van der Waals surface area contributed by atoms with Gasteiger partial charge in [-0.05, 0) is 37.1 Å². The molecule has 1 fully saturated rings. The smallest absolute Gasteiger partial charge is 0.248 e. The molecule has 0 bridgehead atoms. The van der Waals surface area contributed by atoms with Crippen molar-refractivity contribution in [3.63, 3.8) is 0 Å². The van der Waals surface area contributed by atoms with Gasteiger partial charge in [-0.15, -0.1) is 0 Å². The van der Waals surface area contributed by atoms with Gasteiger partial charge in [0.15, 0.2) is 0 Å². The summed E-state index contributed by atoms with van der Waals surface area (Å²) in [4.78, 5) is 24.9. The number of likely N-dealkylation sites (tertiary alicyclic amines) is 1. The molecule has 1 aliphatic rings. The molecule has 1 heterocycles. The van der Waals surface area contributed by atoms with Gasteiger partial charge in [0.25, 0.3) is 0 Å². The third kappa shape index (κ3) is 6.86. The number of hydrogen-bond acceptors (Lipinski definition) is 6. The molecule has 0 unspecified atom stereocenters. The first kappa shape index (κ1) is 22.3. The number of piperidine rings is 1. The van der Waals surface area contributed by atoms with Crippen LogP contribution in [0, 0.1) is 0 Å². The molecule has 0 saturated carbocycles. The number of nitrogens with one attached hydrogen (secondary N) is 2. The fourth-order valence-electron chi connectivity index (χ4n) is 2.85. The maximum absolute atomic E-state index is 12.5. The van der Waals surface area contributed by atoms with Crippen LogP contribution in [0.2, 0.25) is 0 Å². The van der Waals surface area contributed by atoms with Crippen molar-refractivity contribution in [2.75, 3.05) is 45.3 Å². The van der Waals surface area contributed by atoms with E-state index in [1.807, 2.05) is 0 Å². The van der Waals surface area contributed by atoms with E-state index in [4.69, 9.17) is 9.47 Å². The maximum atomic E-state index is 12.5. The van der Waals surface area contributed by atoms with E-state index in [1.54, 1.807) is 24.1 Å². The van der Waals surface area contributed by atoms with Crippen LogP contribution in [0.3, 0.4) is 0 Å². The fourth-order valence-corrected chi connectivity index (χ4v) is 4.15. The van der Waals surface area contributed by atoms with Crippen molar-refractivity contribution in [3.8, 4) is 0 Å². The van der Waals surface area contributed by atoms with Gasteiger partial charge in [-0.2, -0.15) is 0 Å². The van der Waals surface area contributed by atoms with Crippen molar-refractivity contribution in [1.82, 2.24) is 9.62 Å². The molecular weight excluding hydrogens is 386 g/mol. The minimum Gasteiger partial charge on any atom is -0.382 e. The first-order chi connectivity index (χ1) is 13.3. The predicted molar refractivity (Wildman–Crippen MR) is 103 cm³/mol. The molecule has 2 amide bonds. The van der Waals surface area contributed by atoms with Gasteiger partial charge >= 0.3 is 0 Å². The number of hydrogen-bond donors (Lipinski definition) is 2. The lowest BCUT2D eigenvalue weighted by Gasteiger charge is -2.32. The number of sulfonamides is 1.